The lowest BCUT2D eigenvalue weighted by Gasteiger charge is -2.30. The summed E-state index contributed by atoms with van der Waals surface area (Å²) in [6.07, 6.45) is 0.800. The first-order valence-electron chi connectivity index (χ1n) is 11.0. The van der Waals surface area contributed by atoms with Crippen LogP contribution in [0.4, 0.5) is 0 Å². The van der Waals surface area contributed by atoms with Crippen molar-refractivity contribution in [2.75, 3.05) is 13.1 Å². The number of carbonyl (C=O) groups excluding carboxylic acids is 1. The molecule has 1 fully saturated rings. The van der Waals surface area contributed by atoms with E-state index in [1.165, 1.54) is 0 Å². The molecule has 1 N–H and O–H groups in total. The molecule has 0 atom stereocenters. The molecular weight excluding hydrogens is 446 g/mol. The Morgan fingerprint density at radius 1 is 0.771 bits per heavy atom. The van der Waals surface area contributed by atoms with Gasteiger partial charge in [-0.1, -0.05) is 0 Å². The molecule has 174 valence electrons. The third-order valence-electron chi connectivity index (χ3n) is 5.70. The number of benzene rings is 3. The quantitative estimate of drug-likeness (QED) is 0.544. The van der Waals surface area contributed by atoms with Gasteiger partial charge in [-0.3, -0.25) is 9.59 Å². The molecule has 0 saturated carbocycles. The Morgan fingerprint density at radius 3 is 1.63 bits per heavy atom. The van der Waals surface area contributed by atoms with Crippen LogP contribution in [0.3, 0.4) is 0 Å². The molecule has 0 aliphatic carbocycles. The van der Waals surface area contributed by atoms with Crippen LogP contribution in [-0.2, 0) is 4.79 Å². The Labute approximate surface area is 202 Å². The molecule has 0 bridgehead atoms. The first kappa shape index (κ1) is 23.3. The van der Waals surface area contributed by atoms with Crippen LogP contribution in [0, 0.1) is 28.6 Å². The highest BCUT2D eigenvalue weighted by Gasteiger charge is 2.28. The van der Waals surface area contributed by atoms with Crippen molar-refractivity contribution in [3.8, 4) is 35.1 Å². The molecule has 0 radical (unpaired) electrons. The number of hydrogen-bond acceptors (Lipinski definition) is 6. The largest absolute Gasteiger partial charge is 0.481 e. The number of aliphatic carboxylic acids is 1. The van der Waals surface area contributed by atoms with E-state index in [9.17, 15) is 14.7 Å². The number of amides is 1. The van der Waals surface area contributed by atoms with Crippen molar-refractivity contribution < 1.29 is 24.2 Å². The highest BCUT2D eigenvalue weighted by atomic mass is 16.5. The average molecular weight is 467 g/mol. The standard InChI is InChI=1S/C27H21N3O5/c28-16-18-1-5-22(6-2-18)34-24-13-21(26(31)30-11-9-20(10-12-30)27(32)33)14-25(15-24)35-23-7-3-19(17-29)4-8-23/h1-8,13-15,20H,9-12H2,(H,32,33). The highest BCUT2D eigenvalue weighted by Crippen LogP contribution is 2.32. The third-order valence-corrected chi connectivity index (χ3v) is 5.70. The number of likely N-dealkylation sites (tertiary alicyclic amines) is 1. The molecule has 0 spiro atoms. The Balaban J connectivity index is 1.61. The number of piperidine rings is 1. The average Bonchev–Trinajstić information content (AvgIpc) is 2.89. The molecule has 1 saturated heterocycles. The van der Waals surface area contributed by atoms with Gasteiger partial charge in [-0.15, -0.1) is 0 Å². The zero-order chi connectivity index (χ0) is 24.8. The monoisotopic (exact) mass is 467 g/mol. The summed E-state index contributed by atoms with van der Waals surface area (Å²) in [6, 6.07) is 22.1. The van der Waals surface area contributed by atoms with Gasteiger partial charge >= 0.3 is 5.97 Å². The molecule has 1 aliphatic rings. The maximum atomic E-state index is 13.2. The van der Waals surface area contributed by atoms with Crippen molar-refractivity contribution >= 4 is 11.9 Å². The second-order valence-corrected chi connectivity index (χ2v) is 8.07. The minimum absolute atomic E-state index is 0.246. The topological polar surface area (TPSA) is 124 Å². The summed E-state index contributed by atoms with van der Waals surface area (Å²) in [6.45, 7) is 0.699. The van der Waals surface area contributed by atoms with Crippen LogP contribution in [0.2, 0.25) is 0 Å². The summed E-state index contributed by atoms with van der Waals surface area (Å²) in [7, 11) is 0. The molecule has 0 aromatic heterocycles. The van der Waals surface area contributed by atoms with E-state index in [1.807, 2.05) is 0 Å². The lowest BCUT2D eigenvalue weighted by molar-refractivity contribution is -0.143. The van der Waals surface area contributed by atoms with Gasteiger partial charge in [0.25, 0.3) is 5.91 Å². The van der Waals surface area contributed by atoms with E-state index >= 15 is 0 Å². The summed E-state index contributed by atoms with van der Waals surface area (Å²) in [5.74, 6) is 0.173. The zero-order valence-electron chi connectivity index (χ0n) is 18.7. The normalized spacial score (nSPS) is 13.4. The van der Waals surface area contributed by atoms with Crippen molar-refractivity contribution in [2.24, 2.45) is 5.92 Å². The number of hydrogen-bond donors (Lipinski definition) is 1. The summed E-state index contributed by atoms with van der Waals surface area (Å²) in [5.41, 5.74) is 1.33. The van der Waals surface area contributed by atoms with E-state index in [4.69, 9.17) is 20.0 Å². The molecular formula is C27H21N3O5. The molecule has 3 aromatic rings. The van der Waals surface area contributed by atoms with Gasteiger partial charge in [0, 0.05) is 24.7 Å². The summed E-state index contributed by atoms with van der Waals surface area (Å²) in [4.78, 5) is 26.1. The number of carbonyl (C=O) groups is 2. The predicted molar refractivity (Wildman–Crippen MR) is 125 cm³/mol. The first-order chi connectivity index (χ1) is 16.9. The highest BCUT2D eigenvalue weighted by molar-refractivity contribution is 5.95. The fourth-order valence-electron chi connectivity index (χ4n) is 3.79. The van der Waals surface area contributed by atoms with Crippen molar-refractivity contribution in [1.82, 2.24) is 4.90 Å². The van der Waals surface area contributed by atoms with Gasteiger partial charge in [0.05, 0.1) is 29.2 Å². The van der Waals surface area contributed by atoms with Gasteiger partial charge in [0.1, 0.15) is 23.0 Å². The molecule has 1 amide bonds. The molecule has 8 heteroatoms. The fourth-order valence-corrected chi connectivity index (χ4v) is 3.79. The lowest BCUT2D eigenvalue weighted by atomic mass is 9.96. The van der Waals surface area contributed by atoms with Gasteiger partial charge < -0.3 is 19.5 Å². The first-order valence-corrected chi connectivity index (χ1v) is 11.0. The van der Waals surface area contributed by atoms with Crippen LogP contribution in [0.25, 0.3) is 0 Å². The third kappa shape index (κ3) is 5.76. The van der Waals surface area contributed by atoms with E-state index in [0.717, 1.165) is 0 Å². The van der Waals surface area contributed by atoms with E-state index in [0.29, 0.717) is 65.6 Å². The van der Waals surface area contributed by atoms with Crippen molar-refractivity contribution in [1.29, 1.82) is 10.5 Å². The Morgan fingerprint density at radius 2 is 1.23 bits per heavy atom. The van der Waals surface area contributed by atoms with Gasteiger partial charge in [0.2, 0.25) is 0 Å². The summed E-state index contributed by atoms with van der Waals surface area (Å²) >= 11 is 0. The maximum Gasteiger partial charge on any atom is 0.306 e. The van der Waals surface area contributed by atoms with Crippen LogP contribution in [-0.4, -0.2) is 35.0 Å². The fraction of sp³-hybridized carbons (Fsp3) is 0.185. The number of carboxylic acid groups (broad SMARTS) is 1. The smallest absolute Gasteiger partial charge is 0.306 e. The summed E-state index contributed by atoms with van der Waals surface area (Å²) < 4.78 is 11.9. The van der Waals surface area contributed by atoms with E-state index in [2.05, 4.69) is 12.1 Å². The number of rotatable bonds is 6. The number of carboxylic acids is 1. The number of nitriles is 2. The molecule has 1 heterocycles. The van der Waals surface area contributed by atoms with Crippen molar-refractivity contribution in [2.45, 2.75) is 12.8 Å². The molecule has 4 rings (SSSR count). The second kappa shape index (κ2) is 10.4. The Bertz CT molecular complexity index is 1240. The van der Waals surface area contributed by atoms with Gasteiger partial charge in [0.15, 0.2) is 0 Å². The molecule has 35 heavy (non-hydrogen) atoms. The maximum absolute atomic E-state index is 13.2. The zero-order valence-corrected chi connectivity index (χ0v) is 18.7. The van der Waals surface area contributed by atoms with Crippen LogP contribution < -0.4 is 9.47 Å². The van der Waals surface area contributed by atoms with Crippen LogP contribution >= 0.6 is 0 Å². The van der Waals surface area contributed by atoms with Crippen LogP contribution in [0.1, 0.15) is 34.3 Å². The predicted octanol–water partition coefficient (Wildman–Crippen LogP) is 4.95. The summed E-state index contributed by atoms with van der Waals surface area (Å²) in [5, 5.41) is 27.2. The van der Waals surface area contributed by atoms with Gasteiger partial charge in [-0.2, -0.15) is 10.5 Å². The SMILES string of the molecule is N#Cc1ccc(Oc2cc(Oc3ccc(C#N)cc3)cc(C(=O)N3CCC(C(=O)O)CC3)c2)cc1. The minimum atomic E-state index is -0.840. The van der Waals surface area contributed by atoms with E-state index < -0.39 is 11.9 Å². The van der Waals surface area contributed by atoms with E-state index in [1.54, 1.807) is 71.6 Å². The Kier molecular flexibility index (Phi) is 6.94. The van der Waals surface area contributed by atoms with Gasteiger partial charge in [-0.25, -0.2) is 0 Å². The minimum Gasteiger partial charge on any atom is -0.481 e. The van der Waals surface area contributed by atoms with Gasteiger partial charge in [-0.05, 0) is 73.5 Å². The van der Waals surface area contributed by atoms with Crippen LogP contribution in [0.15, 0.2) is 66.7 Å². The lowest BCUT2D eigenvalue weighted by Crippen LogP contribution is -2.40. The van der Waals surface area contributed by atoms with Crippen molar-refractivity contribution in [3.63, 3.8) is 0 Å². The molecule has 8 nitrogen and oxygen atoms in total. The van der Waals surface area contributed by atoms with Crippen molar-refractivity contribution in [3.05, 3.63) is 83.4 Å². The number of ether oxygens (including phenoxy) is 2. The molecule has 0 unspecified atom stereocenters. The van der Waals surface area contributed by atoms with Crippen LogP contribution in [0.5, 0.6) is 23.0 Å². The Hall–Kier alpha value is -4.82. The molecule has 3 aromatic carbocycles. The molecule has 1 aliphatic heterocycles. The van der Waals surface area contributed by atoms with E-state index in [-0.39, 0.29) is 5.91 Å². The number of nitrogens with zero attached hydrogens (tertiary/aromatic N) is 3. The second-order valence-electron chi connectivity index (χ2n) is 8.07.